The number of likely N-dealkylation sites (tertiary alicyclic amines) is 1. The number of aromatic hydroxyl groups is 1. The van der Waals surface area contributed by atoms with Crippen LogP contribution in [-0.2, 0) is 0 Å². The topological polar surface area (TPSA) is 60.8 Å². The van der Waals surface area contributed by atoms with Crippen molar-refractivity contribution < 1.29 is 15.0 Å². The van der Waals surface area contributed by atoms with Gasteiger partial charge in [0.1, 0.15) is 5.75 Å². The van der Waals surface area contributed by atoms with Gasteiger partial charge in [-0.15, -0.1) is 0 Å². The second-order valence-electron chi connectivity index (χ2n) is 5.47. The number of carbonyl (C=O) groups excluding carboxylic acids is 1. The molecule has 1 saturated heterocycles. The number of hydrogen-bond acceptors (Lipinski definition) is 3. The van der Waals surface area contributed by atoms with E-state index in [4.69, 9.17) is 11.6 Å². The Labute approximate surface area is 124 Å². The molecule has 1 aliphatic rings. The zero-order valence-corrected chi connectivity index (χ0v) is 12.4. The Morgan fingerprint density at radius 1 is 1.40 bits per heavy atom. The predicted molar refractivity (Wildman–Crippen MR) is 78.1 cm³/mol. The number of nitrogens with zero attached hydrogens (tertiary/aromatic N) is 1. The zero-order chi connectivity index (χ0) is 14.8. The molecule has 0 aliphatic carbocycles. The molecule has 1 aromatic carbocycles. The van der Waals surface area contributed by atoms with Crippen LogP contribution in [0, 0.1) is 5.41 Å². The molecule has 5 heteroatoms. The molecule has 1 fully saturated rings. The normalized spacial score (nSPS) is 18.1. The summed E-state index contributed by atoms with van der Waals surface area (Å²) in [6.45, 7) is 3.42. The average molecular weight is 298 g/mol. The SMILES string of the molecule is CCC1(CO)CCN(C(=O)c2cc(Cl)ccc2O)CC1. The summed E-state index contributed by atoms with van der Waals surface area (Å²) >= 11 is 5.88. The number of aliphatic hydroxyl groups excluding tert-OH is 1. The lowest BCUT2D eigenvalue weighted by atomic mass is 9.77. The second kappa shape index (κ2) is 6.02. The first-order valence-corrected chi connectivity index (χ1v) is 7.28. The summed E-state index contributed by atoms with van der Waals surface area (Å²) in [6.07, 6.45) is 2.48. The van der Waals surface area contributed by atoms with Crippen LogP contribution in [0.15, 0.2) is 18.2 Å². The first-order chi connectivity index (χ1) is 9.51. The van der Waals surface area contributed by atoms with E-state index in [9.17, 15) is 15.0 Å². The largest absolute Gasteiger partial charge is 0.507 e. The van der Waals surface area contributed by atoms with E-state index in [1.54, 1.807) is 11.0 Å². The van der Waals surface area contributed by atoms with E-state index in [0.29, 0.717) is 18.1 Å². The van der Waals surface area contributed by atoms with Crippen LogP contribution in [0.2, 0.25) is 5.02 Å². The fraction of sp³-hybridized carbons (Fsp3) is 0.533. The Morgan fingerprint density at radius 2 is 2.05 bits per heavy atom. The van der Waals surface area contributed by atoms with Gasteiger partial charge < -0.3 is 15.1 Å². The predicted octanol–water partition coefficient (Wildman–Crippen LogP) is 2.67. The third kappa shape index (κ3) is 2.91. The number of hydrogen-bond donors (Lipinski definition) is 2. The maximum atomic E-state index is 12.4. The van der Waals surface area contributed by atoms with Gasteiger partial charge in [-0.2, -0.15) is 0 Å². The van der Waals surface area contributed by atoms with E-state index in [1.807, 2.05) is 0 Å². The lowest BCUT2D eigenvalue weighted by molar-refractivity contribution is 0.0336. The van der Waals surface area contributed by atoms with Gasteiger partial charge in [-0.1, -0.05) is 18.5 Å². The summed E-state index contributed by atoms with van der Waals surface area (Å²) in [5, 5.41) is 19.7. The highest BCUT2D eigenvalue weighted by Gasteiger charge is 2.34. The van der Waals surface area contributed by atoms with Crippen LogP contribution in [0.25, 0.3) is 0 Å². The number of rotatable bonds is 3. The highest BCUT2D eigenvalue weighted by atomic mass is 35.5. The molecule has 0 unspecified atom stereocenters. The van der Waals surface area contributed by atoms with Crippen molar-refractivity contribution in [2.75, 3.05) is 19.7 Å². The third-order valence-electron chi connectivity index (χ3n) is 4.39. The van der Waals surface area contributed by atoms with Gasteiger partial charge >= 0.3 is 0 Å². The van der Waals surface area contributed by atoms with Gasteiger partial charge in [0.2, 0.25) is 0 Å². The van der Waals surface area contributed by atoms with Crippen molar-refractivity contribution in [2.45, 2.75) is 26.2 Å². The summed E-state index contributed by atoms with van der Waals surface area (Å²) < 4.78 is 0. The van der Waals surface area contributed by atoms with E-state index >= 15 is 0 Å². The van der Waals surface area contributed by atoms with Crippen LogP contribution in [0.1, 0.15) is 36.5 Å². The minimum absolute atomic E-state index is 0.0473. The van der Waals surface area contributed by atoms with Crippen LogP contribution >= 0.6 is 11.6 Å². The third-order valence-corrected chi connectivity index (χ3v) is 4.62. The zero-order valence-electron chi connectivity index (χ0n) is 11.6. The van der Waals surface area contributed by atoms with Crippen LogP contribution in [-0.4, -0.2) is 40.7 Å². The number of benzene rings is 1. The summed E-state index contributed by atoms with van der Waals surface area (Å²) in [5.74, 6) is -0.249. The quantitative estimate of drug-likeness (QED) is 0.902. The molecule has 0 radical (unpaired) electrons. The molecule has 2 rings (SSSR count). The number of phenolic OH excluding ortho intramolecular Hbond substituents is 1. The molecular weight excluding hydrogens is 278 g/mol. The number of aliphatic hydroxyl groups is 1. The molecule has 1 aliphatic heterocycles. The van der Waals surface area contributed by atoms with Crippen molar-refractivity contribution in [1.29, 1.82) is 0 Å². The molecular formula is C15H20ClNO3. The Hall–Kier alpha value is -1.26. The molecule has 20 heavy (non-hydrogen) atoms. The molecule has 1 heterocycles. The molecule has 4 nitrogen and oxygen atoms in total. The first kappa shape index (κ1) is 15.1. The van der Waals surface area contributed by atoms with Crippen LogP contribution in [0.4, 0.5) is 0 Å². The molecule has 1 aromatic rings. The van der Waals surface area contributed by atoms with E-state index in [1.165, 1.54) is 12.1 Å². The highest BCUT2D eigenvalue weighted by molar-refractivity contribution is 6.31. The van der Waals surface area contributed by atoms with Crippen molar-refractivity contribution in [3.8, 4) is 5.75 Å². The van der Waals surface area contributed by atoms with Gasteiger partial charge in [-0.25, -0.2) is 0 Å². The van der Waals surface area contributed by atoms with Gasteiger partial charge in [0, 0.05) is 24.7 Å². The standard InChI is InChI=1S/C15H20ClNO3/c1-2-15(10-18)5-7-17(8-6-15)14(20)12-9-11(16)3-4-13(12)19/h3-4,9,18-19H,2,5-8,10H2,1H3. The minimum Gasteiger partial charge on any atom is -0.507 e. The Morgan fingerprint density at radius 3 is 2.60 bits per heavy atom. The molecule has 0 bridgehead atoms. The van der Waals surface area contributed by atoms with E-state index in [2.05, 4.69) is 6.92 Å². The molecule has 1 amide bonds. The van der Waals surface area contributed by atoms with Crippen molar-refractivity contribution in [3.05, 3.63) is 28.8 Å². The average Bonchev–Trinajstić information content (AvgIpc) is 2.49. The fourth-order valence-corrected chi connectivity index (χ4v) is 2.83. The Bertz CT molecular complexity index is 490. The maximum absolute atomic E-state index is 12.4. The number of phenols is 1. The molecule has 0 saturated carbocycles. The van der Waals surface area contributed by atoms with Crippen LogP contribution < -0.4 is 0 Å². The molecule has 0 atom stereocenters. The van der Waals surface area contributed by atoms with Gasteiger partial charge in [0.05, 0.1) is 5.56 Å². The molecule has 0 aromatic heterocycles. The first-order valence-electron chi connectivity index (χ1n) is 6.90. The van der Waals surface area contributed by atoms with Crippen LogP contribution in [0.5, 0.6) is 5.75 Å². The van der Waals surface area contributed by atoms with Crippen molar-refractivity contribution in [1.82, 2.24) is 4.90 Å². The van der Waals surface area contributed by atoms with Gasteiger partial charge in [-0.3, -0.25) is 4.79 Å². The summed E-state index contributed by atoms with van der Waals surface area (Å²) in [5.41, 5.74) is 0.179. The van der Waals surface area contributed by atoms with Gasteiger partial charge in [0.15, 0.2) is 0 Å². The number of piperidine rings is 1. The molecule has 2 N–H and O–H groups in total. The minimum atomic E-state index is -0.201. The lowest BCUT2D eigenvalue weighted by Crippen LogP contribution is -2.44. The second-order valence-corrected chi connectivity index (χ2v) is 5.90. The van der Waals surface area contributed by atoms with Gasteiger partial charge in [-0.05, 0) is 42.9 Å². The number of halogens is 1. The van der Waals surface area contributed by atoms with Crippen LogP contribution in [0.3, 0.4) is 0 Å². The lowest BCUT2D eigenvalue weighted by Gasteiger charge is -2.40. The Kier molecular flexibility index (Phi) is 4.55. The smallest absolute Gasteiger partial charge is 0.257 e. The highest BCUT2D eigenvalue weighted by Crippen LogP contribution is 2.35. The number of carbonyl (C=O) groups is 1. The maximum Gasteiger partial charge on any atom is 0.257 e. The van der Waals surface area contributed by atoms with E-state index in [0.717, 1.165) is 19.3 Å². The summed E-state index contributed by atoms with van der Waals surface area (Å²) in [4.78, 5) is 14.1. The summed E-state index contributed by atoms with van der Waals surface area (Å²) in [6, 6.07) is 4.48. The monoisotopic (exact) mass is 297 g/mol. The van der Waals surface area contributed by atoms with Crippen molar-refractivity contribution >= 4 is 17.5 Å². The van der Waals surface area contributed by atoms with E-state index in [-0.39, 0.29) is 29.2 Å². The van der Waals surface area contributed by atoms with E-state index < -0.39 is 0 Å². The Balaban J connectivity index is 2.10. The number of amides is 1. The molecule has 110 valence electrons. The van der Waals surface area contributed by atoms with Gasteiger partial charge in [0.25, 0.3) is 5.91 Å². The fourth-order valence-electron chi connectivity index (χ4n) is 2.66. The van der Waals surface area contributed by atoms with Crippen molar-refractivity contribution in [3.63, 3.8) is 0 Å². The summed E-state index contributed by atoms with van der Waals surface area (Å²) in [7, 11) is 0. The molecule has 0 spiro atoms. The van der Waals surface area contributed by atoms with Crippen molar-refractivity contribution in [2.24, 2.45) is 5.41 Å².